The minimum Gasteiger partial charge on any atom is -0.490 e. The Morgan fingerprint density at radius 2 is 2.05 bits per heavy atom. The van der Waals surface area contributed by atoms with Gasteiger partial charge in [0.2, 0.25) is 0 Å². The number of carbonyl (C=O) groups excluding carboxylic acids is 1. The van der Waals surface area contributed by atoms with Crippen LogP contribution in [0.4, 0.5) is 5.69 Å². The second-order valence-electron chi connectivity index (χ2n) is 4.75. The van der Waals surface area contributed by atoms with Crippen molar-refractivity contribution in [2.75, 3.05) is 11.9 Å². The Labute approximate surface area is 124 Å². The molecular weight excluding hydrogens is 266 g/mol. The average molecular weight is 285 g/mol. The Morgan fingerprint density at radius 3 is 2.57 bits per heavy atom. The van der Waals surface area contributed by atoms with Gasteiger partial charge in [-0.3, -0.25) is 9.48 Å². The van der Waals surface area contributed by atoms with Gasteiger partial charge in [0.05, 0.1) is 17.1 Å². The van der Waals surface area contributed by atoms with Gasteiger partial charge in [0, 0.05) is 12.6 Å². The van der Waals surface area contributed by atoms with Crippen molar-refractivity contribution in [3.05, 3.63) is 53.9 Å². The lowest BCUT2D eigenvalue weighted by Crippen LogP contribution is -2.13. The summed E-state index contributed by atoms with van der Waals surface area (Å²) in [5.74, 6) is 0.546. The molecule has 5 heteroatoms. The van der Waals surface area contributed by atoms with E-state index in [-0.39, 0.29) is 5.91 Å². The molecule has 0 saturated heterocycles. The first-order chi connectivity index (χ1) is 10.0. The Balaban J connectivity index is 2.11. The zero-order valence-corrected chi connectivity index (χ0v) is 12.5. The summed E-state index contributed by atoms with van der Waals surface area (Å²) in [5, 5.41) is 7.18. The molecule has 5 nitrogen and oxygen atoms in total. The summed E-state index contributed by atoms with van der Waals surface area (Å²) in [6, 6.07) is 6.99. The Hall–Kier alpha value is -2.56. The molecule has 0 saturated carbocycles. The van der Waals surface area contributed by atoms with E-state index < -0.39 is 0 Å². The molecule has 1 aromatic carbocycles. The fraction of sp³-hybridized carbons (Fsp3) is 0.250. The van der Waals surface area contributed by atoms with Crippen molar-refractivity contribution < 1.29 is 9.53 Å². The van der Waals surface area contributed by atoms with E-state index in [1.807, 2.05) is 20.9 Å². The molecule has 0 fully saturated rings. The molecule has 21 heavy (non-hydrogen) atoms. The second-order valence-corrected chi connectivity index (χ2v) is 4.75. The highest BCUT2D eigenvalue weighted by atomic mass is 16.5. The molecule has 0 unspecified atom stereocenters. The number of aryl methyl sites for hydroxylation is 2. The van der Waals surface area contributed by atoms with Gasteiger partial charge < -0.3 is 10.1 Å². The van der Waals surface area contributed by atoms with Crippen molar-refractivity contribution in [2.24, 2.45) is 7.05 Å². The summed E-state index contributed by atoms with van der Waals surface area (Å²) in [7, 11) is 1.85. The van der Waals surface area contributed by atoms with Crippen LogP contribution in [-0.2, 0) is 7.05 Å². The number of hydrogen-bond acceptors (Lipinski definition) is 3. The van der Waals surface area contributed by atoms with E-state index in [9.17, 15) is 4.79 Å². The first-order valence-corrected chi connectivity index (χ1v) is 6.68. The van der Waals surface area contributed by atoms with E-state index in [0.717, 1.165) is 17.1 Å². The summed E-state index contributed by atoms with van der Waals surface area (Å²) in [5.41, 5.74) is 3.05. The molecule has 0 spiro atoms. The topological polar surface area (TPSA) is 56.1 Å². The SMILES string of the molecule is C=CCOc1ccc(C(=O)Nc2c(C)nn(C)c2C)cc1. The van der Waals surface area contributed by atoms with Gasteiger partial charge in [-0.25, -0.2) is 0 Å². The van der Waals surface area contributed by atoms with Crippen LogP contribution in [0.15, 0.2) is 36.9 Å². The molecule has 0 radical (unpaired) electrons. The first-order valence-electron chi connectivity index (χ1n) is 6.68. The van der Waals surface area contributed by atoms with Gasteiger partial charge in [0.15, 0.2) is 0 Å². The number of anilines is 1. The Kier molecular flexibility index (Phi) is 4.42. The minimum atomic E-state index is -0.163. The van der Waals surface area contributed by atoms with Crippen LogP contribution in [0.25, 0.3) is 0 Å². The number of nitrogens with zero attached hydrogens (tertiary/aromatic N) is 2. The molecule has 0 aliphatic carbocycles. The molecule has 2 rings (SSSR count). The zero-order chi connectivity index (χ0) is 15.4. The zero-order valence-electron chi connectivity index (χ0n) is 12.5. The molecule has 1 heterocycles. The quantitative estimate of drug-likeness (QED) is 0.859. The lowest BCUT2D eigenvalue weighted by molar-refractivity contribution is 0.102. The van der Waals surface area contributed by atoms with Crippen LogP contribution in [0.5, 0.6) is 5.75 Å². The maximum Gasteiger partial charge on any atom is 0.255 e. The van der Waals surface area contributed by atoms with Gasteiger partial charge in [-0.05, 0) is 38.1 Å². The summed E-state index contributed by atoms with van der Waals surface area (Å²) >= 11 is 0. The van der Waals surface area contributed by atoms with Crippen LogP contribution in [0.1, 0.15) is 21.7 Å². The van der Waals surface area contributed by atoms with E-state index in [0.29, 0.717) is 17.9 Å². The molecule has 2 aromatic rings. The Bertz CT molecular complexity index is 657. The van der Waals surface area contributed by atoms with Crippen LogP contribution < -0.4 is 10.1 Å². The standard InChI is InChI=1S/C16H19N3O2/c1-5-10-21-14-8-6-13(7-9-14)16(20)17-15-11(2)18-19(4)12(15)3/h5-9H,1,10H2,2-4H3,(H,17,20). The lowest BCUT2D eigenvalue weighted by atomic mass is 10.2. The van der Waals surface area contributed by atoms with Crippen molar-refractivity contribution in [3.63, 3.8) is 0 Å². The van der Waals surface area contributed by atoms with Gasteiger partial charge in [0.25, 0.3) is 5.91 Å². The molecule has 0 atom stereocenters. The third kappa shape index (κ3) is 3.31. The fourth-order valence-corrected chi connectivity index (χ4v) is 2.00. The number of hydrogen-bond donors (Lipinski definition) is 1. The van der Waals surface area contributed by atoms with Gasteiger partial charge in [-0.2, -0.15) is 5.10 Å². The molecule has 1 N–H and O–H groups in total. The monoisotopic (exact) mass is 285 g/mol. The van der Waals surface area contributed by atoms with Gasteiger partial charge in [0.1, 0.15) is 12.4 Å². The predicted molar refractivity (Wildman–Crippen MR) is 82.8 cm³/mol. The number of ether oxygens (including phenoxy) is 1. The fourth-order valence-electron chi connectivity index (χ4n) is 2.00. The third-order valence-corrected chi connectivity index (χ3v) is 3.23. The smallest absolute Gasteiger partial charge is 0.255 e. The van der Waals surface area contributed by atoms with Crippen molar-refractivity contribution in [3.8, 4) is 5.75 Å². The van der Waals surface area contributed by atoms with Crippen molar-refractivity contribution in [1.82, 2.24) is 9.78 Å². The molecule has 110 valence electrons. The molecule has 1 amide bonds. The number of carbonyl (C=O) groups is 1. The van der Waals surface area contributed by atoms with Crippen molar-refractivity contribution in [1.29, 1.82) is 0 Å². The normalized spacial score (nSPS) is 10.2. The number of rotatable bonds is 5. The number of aromatic nitrogens is 2. The van der Waals surface area contributed by atoms with Crippen molar-refractivity contribution >= 4 is 11.6 Å². The van der Waals surface area contributed by atoms with E-state index in [4.69, 9.17) is 4.74 Å². The summed E-state index contributed by atoms with van der Waals surface area (Å²) in [6.45, 7) is 7.82. The van der Waals surface area contributed by atoms with Crippen LogP contribution in [0.3, 0.4) is 0 Å². The number of nitrogens with one attached hydrogen (secondary N) is 1. The number of amides is 1. The predicted octanol–water partition coefficient (Wildman–Crippen LogP) is 2.85. The van der Waals surface area contributed by atoms with Crippen LogP contribution in [-0.4, -0.2) is 22.3 Å². The highest BCUT2D eigenvalue weighted by Crippen LogP contribution is 2.20. The van der Waals surface area contributed by atoms with Crippen LogP contribution >= 0.6 is 0 Å². The molecule has 1 aromatic heterocycles. The summed E-state index contributed by atoms with van der Waals surface area (Å²) in [4.78, 5) is 12.2. The van der Waals surface area contributed by atoms with E-state index in [2.05, 4.69) is 17.0 Å². The van der Waals surface area contributed by atoms with Gasteiger partial charge in [-0.15, -0.1) is 0 Å². The first kappa shape index (κ1) is 14.8. The van der Waals surface area contributed by atoms with Gasteiger partial charge in [-0.1, -0.05) is 12.7 Å². The van der Waals surface area contributed by atoms with Crippen LogP contribution in [0, 0.1) is 13.8 Å². The van der Waals surface area contributed by atoms with E-state index in [1.165, 1.54) is 0 Å². The van der Waals surface area contributed by atoms with Crippen LogP contribution in [0.2, 0.25) is 0 Å². The van der Waals surface area contributed by atoms with E-state index in [1.54, 1.807) is 35.0 Å². The molecule has 0 aliphatic heterocycles. The van der Waals surface area contributed by atoms with Gasteiger partial charge >= 0.3 is 0 Å². The summed E-state index contributed by atoms with van der Waals surface area (Å²) in [6.07, 6.45) is 1.68. The molecular formula is C16H19N3O2. The highest BCUT2D eigenvalue weighted by molar-refractivity contribution is 6.04. The maximum atomic E-state index is 12.2. The Morgan fingerprint density at radius 1 is 1.38 bits per heavy atom. The molecule has 0 bridgehead atoms. The second kappa shape index (κ2) is 6.26. The molecule has 0 aliphatic rings. The lowest BCUT2D eigenvalue weighted by Gasteiger charge is -2.07. The third-order valence-electron chi connectivity index (χ3n) is 3.23. The summed E-state index contributed by atoms with van der Waals surface area (Å²) < 4.78 is 7.13. The van der Waals surface area contributed by atoms with Crippen molar-refractivity contribution in [2.45, 2.75) is 13.8 Å². The maximum absolute atomic E-state index is 12.2. The van der Waals surface area contributed by atoms with E-state index >= 15 is 0 Å². The number of benzene rings is 1. The average Bonchev–Trinajstić information content (AvgIpc) is 2.72. The highest BCUT2D eigenvalue weighted by Gasteiger charge is 2.13. The minimum absolute atomic E-state index is 0.163. The largest absolute Gasteiger partial charge is 0.490 e.